The van der Waals surface area contributed by atoms with Gasteiger partial charge in [-0.3, -0.25) is 19.7 Å². The van der Waals surface area contributed by atoms with E-state index in [-0.39, 0.29) is 12.1 Å². The number of carbonyl (C=O) groups excluding carboxylic acids is 2. The van der Waals surface area contributed by atoms with Crippen LogP contribution in [0.5, 0.6) is 0 Å². The lowest BCUT2D eigenvalue weighted by atomic mass is 10.1. The Morgan fingerprint density at radius 2 is 1.75 bits per heavy atom. The largest absolute Gasteiger partial charge is 0.393 e. The second-order valence-electron chi connectivity index (χ2n) is 6.63. The molecule has 0 aliphatic carbocycles. The maximum atomic E-state index is 13.7. The van der Waals surface area contributed by atoms with Gasteiger partial charge in [-0.2, -0.15) is 0 Å². The highest BCUT2D eigenvalue weighted by atomic mass is 19.1. The zero-order chi connectivity index (χ0) is 21.2. The zero-order valence-electron chi connectivity index (χ0n) is 16.0. The summed E-state index contributed by atoms with van der Waals surface area (Å²) < 4.78 is 13.7. The normalized spacial score (nSPS) is 10.5. The van der Waals surface area contributed by atoms with E-state index in [0.717, 1.165) is 27.7 Å². The number of anilines is 2. The van der Waals surface area contributed by atoms with Gasteiger partial charge >= 0.3 is 0 Å². The maximum Gasteiger partial charge on any atom is 0.295 e. The smallest absolute Gasteiger partial charge is 0.295 e. The predicted molar refractivity (Wildman–Crippen MR) is 104 cm³/mol. The van der Waals surface area contributed by atoms with Gasteiger partial charge in [0.2, 0.25) is 5.91 Å². The number of nitrogen functional groups attached to an aromatic ring is 1. The molecule has 2 aromatic carbocycles. The quantitative estimate of drug-likeness (QED) is 0.464. The average Bonchev–Trinajstić information content (AvgIpc) is 2.58. The topological polar surface area (TPSA) is 119 Å². The second-order valence-corrected chi connectivity index (χ2v) is 6.63. The van der Waals surface area contributed by atoms with Gasteiger partial charge in [-0.05, 0) is 38.0 Å². The number of nitrogens with zero attached hydrogens (tertiary/aromatic N) is 2. The van der Waals surface area contributed by atoms with Crippen LogP contribution < -0.4 is 11.1 Å². The highest BCUT2D eigenvalue weighted by molar-refractivity contribution is 6.03. The van der Waals surface area contributed by atoms with E-state index < -0.39 is 33.9 Å². The number of likely N-dealkylation sites (N-methyl/N-ethyl adjacent to an activating group) is 1. The minimum atomic E-state index is -0.965. The van der Waals surface area contributed by atoms with Crippen LogP contribution in [0.15, 0.2) is 24.3 Å². The molecule has 0 aromatic heterocycles. The SMILES string of the molecule is Cc1cc(C)c(NC(=O)CN(C)C(=O)c2cc(F)cc([N+](=O)[O-])c2N)c(C)c1. The van der Waals surface area contributed by atoms with Crippen LogP contribution in [-0.2, 0) is 4.79 Å². The summed E-state index contributed by atoms with van der Waals surface area (Å²) in [5, 5.41) is 13.7. The van der Waals surface area contributed by atoms with E-state index in [1.54, 1.807) is 0 Å². The number of hydrogen-bond donors (Lipinski definition) is 2. The van der Waals surface area contributed by atoms with Gasteiger partial charge in [0, 0.05) is 12.7 Å². The maximum absolute atomic E-state index is 13.7. The van der Waals surface area contributed by atoms with Crippen molar-refractivity contribution in [2.45, 2.75) is 20.8 Å². The number of carbonyl (C=O) groups is 2. The number of halogens is 1. The Morgan fingerprint density at radius 1 is 1.18 bits per heavy atom. The molecule has 9 heteroatoms. The number of nitrogens with one attached hydrogen (secondary N) is 1. The minimum Gasteiger partial charge on any atom is -0.393 e. The summed E-state index contributed by atoms with van der Waals surface area (Å²) in [5.41, 5.74) is 7.59. The summed E-state index contributed by atoms with van der Waals surface area (Å²) in [4.78, 5) is 36.0. The third-order valence-electron chi connectivity index (χ3n) is 4.22. The molecule has 0 radical (unpaired) electrons. The monoisotopic (exact) mass is 388 g/mol. The molecule has 8 nitrogen and oxygen atoms in total. The van der Waals surface area contributed by atoms with Gasteiger partial charge in [0.25, 0.3) is 11.6 Å². The van der Waals surface area contributed by atoms with Crippen LogP contribution in [0, 0.1) is 36.7 Å². The van der Waals surface area contributed by atoms with Crippen LogP contribution in [0.1, 0.15) is 27.0 Å². The van der Waals surface area contributed by atoms with E-state index >= 15 is 0 Å². The minimum absolute atomic E-state index is 0.338. The first kappa shape index (κ1) is 20.8. The lowest BCUT2D eigenvalue weighted by Crippen LogP contribution is -2.35. The van der Waals surface area contributed by atoms with Crippen molar-refractivity contribution in [3.63, 3.8) is 0 Å². The molecule has 3 N–H and O–H groups in total. The summed E-state index contributed by atoms with van der Waals surface area (Å²) in [6.07, 6.45) is 0. The molecule has 2 rings (SSSR count). The summed E-state index contributed by atoms with van der Waals surface area (Å²) in [5.74, 6) is -2.23. The van der Waals surface area contributed by atoms with Gasteiger partial charge in [-0.15, -0.1) is 0 Å². The van der Waals surface area contributed by atoms with E-state index in [9.17, 15) is 24.1 Å². The zero-order valence-corrected chi connectivity index (χ0v) is 16.0. The predicted octanol–water partition coefficient (Wildman–Crippen LogP) is 2.95. The first-order valence-corrected chi connectivity index (χ1v) is 8.37. The van der Waals surface area contributed by atoms with Crippen molar-refractivity contribution >= 4 is 28.9 Å². The van der Waals surface area contributed by atoms with E-state index in [1.807, 2.05) is 32.9 Å². The van der Waals surface area contributed by atoms with Gasteiger partial charge in [0.15, 0.2) is 0 Å². The van der Waals surface area contributed by atoms with Crippen LogP contribution in [-0.4, -0.2) is 35.2 Å². The van der Waals surface area contributed by atoms with Crippen molar-refractivity contribution in [2.24, 2.45) is 0 Å². The van der Waals surface area contributed by atoms with Crippen molar-refractivity contribution in [3.8, 4) is 0 Å². The molecule has 0 spiro atoms. The van der Waals surface area contributed by atoms with Gasteiger partial charge in [0.05, 0.1) is 23.1 Å². The number of aryl methyl sites for hydroxylation is 3. The van der Waals surface area contributed by atoms with E-state index in [4.69, 9.17) is 5.73 Å². The Bertz CT molecular complexity index is 952. The molecule has 0 aliphatic heterocycles. The van der Waals surface area contributed by atoms with Crippen LogP contribution >= 0.6 is 0 Å². The average molecular weight is 388 g/mol. The fourth-order valence-corrected chi connectivity index (χ4v) is 2.98. The number of amides is 2. The summed E-state index contributed by atoms with van der Waals surface area (Å²) >= 11 is 0. The first-order chi connectivity index (χ1) is 13.0. The number of rotatable bonds is 5. The summed E-state index contributed by atoms with van der Waals surface area (Å²) in [6.45, 7) is 5.32. The van der Waals surface area contributed by atoms with E-state index in [1.165, 1.54) is 7.05 Å². The molecule has 2 amide bonds. The van der Waals surface area contributed by atoms with Crippen LogP contribution in [0.2, 0.25) is 0 Å². The van der Waals surface area contributed by atoms with Gasteiger partial charge in [-0.1, -0.05) is 17.7 Å². The number of hydrogen-bond acceptors (Lipinski definition) is 5. The standard InChI is InChI=1S/C19H21FN4O4/c1-10-5-11(2)18(12(3)6-10)22-16(25)9-23(4)19(26)14-7-13(20)8-15(17(14)21)24(27)28/h5-8H,9,21H2,1-4H3,(H,22,25). The Kier molecular flexibility index (Phi) is 5.97. The molecular formula is C19H21FN4O4. The third-order valence-corrected chi connectivity index (χ3v) is 4.22. The molecule has 0 saturated carbocycles. The Labute approximate surface area is 161 Å². The van der Waals surface area contributed by atoms with Crippen LogP contribution in [0.3, 0.4) is 0 Å². The third kappa shape index (κ3) is 4.43. The molecule has 0 heterocycles. The van der Waals surface area contributed by atoms with Crippen molar-refractivity contribution in [1.29, 1.82) is 0 Å². The molecule has 148 valence electrons. The highest BCUT2D eigenvalue weighted by Crippen LogP contribution is 2.27. The molecule has 2 aromatic rings. The number of nitro groups is 1. The van der Waals surface area contributed by atoms with Crippen molar-refractivity contribution in [1.82, 2.24) is 4.90 Å². The molecule has 0 bridgehead atoms. The van der Waals surface area contributed by atoms with Crippen LogP contribution in [0.25, 0.3) is 0 Å². The van der Waals surface area contributed by atoms with Crippen molar-refractivity contribution < 1.29 is 18.9 Å². The summed E-state index contributed by atoms with van der Waals surface area (Å²) in [7, 11) is 1.33. The Hall–Kier alpha value is -3.49. The highest BCUT2D eigenvalue weighted by Gasteiger charge is 2.25. The molecular weight excluding hydrogens is 367 g/mol. The Balaban J connectivity index is 2.19. The molecule has 0 atom stereocenters. The van der Waals surface area contributed by atoms with Crippen LogP contribution in [0.4, 0.5) is 21.5 Å². The van der Waals surface area contributed by atoms with Gasteiger partial charge in [0.1, 0.15) is 11.5 Å². The lowest BCUT2D eigenvalue weighted by molar-refractivity contribution is -0.384. The van der Waals surface area contributed by atoms with E-state index in [2.05, 4.69) is 5.32 Å². The fourth-order valence-electron chi connectivity index (χ4n) is 2.98. The number of nitro benzene ring substituents is 1. The number of nitrogens with two attached hydrogens (primary N) is 1. The lowest BCUT2D eigenvalue weighted by Gasteiger charge is -2.19. The molecule has 28 heavy (non-hydrogen) atoms. The first-order valence-electron chi connectivity index (χ1n) is 8.37. The molecule has 0 saturated heterocycles. The summed E-state index contributed by atoms with van der Waals surface area (Å²) in [6, 6.07) is 5.29. The Morgan fingerprint density at radius 3 is 2.29 bits per heavy atom. The van der Waals surface area contributed by atoms with Crippen molar-refractivity contribution in [2.75, 3.05) is 24.6 Å². The van der Waals surface area contributed by atoms with E-state index in [0.29, 0.717) is 11.8 Å². The molecule has 0 fully saturated rings. The van der Waals surface area contributed by atoms with Crippen molar-refractivity contribution in [3.05, 3.63) is 62.5 Å². The number of benzene rings is 2. The molecule has 0 aliphatic rings. The fraction of sp³-hybridized carbons (Fsp3) is 0.263. The van der Waals surface area contributed by atoms with Gasteiger partial charge < -0.3 is 16.0 Å². The second kappa shape index (κ2) is 8.03. The van der Waals surface area contributed by atoms with Gasteiger partial charge in [-0.25, -0.2) is 4.39 Å². The molecule has 0 unspecified atom stereocenters.